The Labute approximate surface area is 89.2 Å². The Morgan fingerprint density at radius 3 is 1.50 bits per heavy atom. The molecule has 1 aliphatic heterocycles. The van der Waals surface area contributed by atoms with Gasteiger partial charge in [0.05, 0.1) is 18.5 Å². The van der Waals surface area contributed by atoms with E-state index in [2.05, 4.69) is 70.6 Å². The van der Waals surface area contributed by atoms with Gasteiger partial charge in [0.2, 0.25) is 0 Å². The number of hydrogen-bond donors (Lipinski definition) is 0. The summed E-state index contributed by atoms with van der Waals surface area (Å²) in [6.45, 7) is 6.73. The van der Waals surface area contributed by atoms with Crippen LogP contribution in [0.25, 0.3) is 0 Å². The van der Waals surface area contributed by atoms with E-state index in [4.69, 9.17) is 0 Å². The average Bonchev–Trinajstić information content (AvgIpc) is 2.08. The zero-order chi connectivity index (χ0) is 9.46. The molecular weight excluding hydrogens is 265 g/mol. The summed E-state index contributed by atoms with van der Waals surface area (Å²) in [4.78, 5) is 4.74. The van der Waals surface area contributed by atoms with E-state index >= 15 is 0 Å². The van der Waals surface area contributed by atoms with Gasteiger partial charge in [0.25, 0.3) is 0 Å². The van der Waals surface area contributed by atoms with E-state index in [0.717, 1.165) is 0 Å². The first-order valence-corrected chi connectivity index (χ1v) is 5.31. The zero-order valence-electron chi connectivity index (χ0n) is 8.45. The van der Waals surface area contributed by atoms with E-state index in [1.54, 1.807) is 0 Å². The number of rotatable bonds is 0. The van der Waals surface area contributed by atoms with Gasteiger partial charge in [-0.25, -0.2) is 3.11 Å². The van der Waals surface area contributed by atoms with Gasteiger partial charge >= 0.3 is 0 Å². The van der Waals surface area contributed by atoms with Gasteiger partial charge in [-0.15, -0.1) is 0 Å². The molecule has 72 valence electrons. The van der Waals surface area contributed by atoms with Crippen molar-refractivity contribution >= 4 is 22.9 Å². The maximum Gasteiger partial charge on any atom is 0.0711 e. The largest absolute Gasteiger partial charge is 0.275 e. The van der Waals surface area contributed by atoms with Crippen molar-refractivity contribution in [2.75, 3.05) is 14.1 Å². The molecule has 2 atom stereocenters. The zero-order valence-corrected chi connectivity index (χ0v) is 10.6. The molecule has 12 heavy (non-hydrogen) atoms. The van der Waals surface area contributed by atoms with E-state index in [-0.39, 0.29) is 0 Å². The first kappa shape index (κ1) is 10.7. The van der Waals surface area contributed by atoms with Gasteiger partial charge in [0, 0.05) is 22.9 Å². The highest BCUT2D eigenvalue weighted by Gasteiger charge is 2.34. The lowest BCUT2D eigenvalue weighted by atomic mass is 10.3. The molecule has 0 saturated carbocycles. The Hall–Kier alpha value is 0.610. The van der Waals surface area contributed by atoms with E-state index in [9.17, 15) is 0 Å². The molecule has 1 saturated heterocycles. The highest BCUT2D eigenvalue weighted by Crippen LogP contribution is 2.25. The molecule has 0 N–H and O–H groups in total. The molecule has 0 aromatic heterocycles. The molecule has 1 rings (SSSR count). The Kier molecular flexibility index (Phi) is 3.36. The summed E-state index contributed by atoms with van der Waals surface area (Å²) < 4.78 is 2.35. The quantitative estimate of drug-likeness (QED) is 0.493. The van der Waals surface area contributed by atoms with Crippen LogP contribution in [-0.4, -0.2) is 45.5 Å². The summed E-state index contributed by atoms with van der Waals surface area (Å²) in [6, 6.07) is 0. The van der Waals surface area contributed by atoms with Crippen molar-refractivity contribution in [2.24, 2.45) is 0 Å². The lowest BCUT2D eigenvalue weighted by molar-refractivity contribution is -0.0804. The third kappa shape index (κ3) is 1.62. The van der Waals surface area contributed by atoms with E-state index in [0.29, 0.717) is 18.5 Å². The van der Waals surface area contributed by atoms with Crippen LogP contribution in [0.15, 0.2) is 0 Å². The second kappa shape index (κ2) is 3.77. The Balaban J connectivity index is 2.76. The Morgan fingerprint density at radius 1 is 0.833 bits per heavy atom. The summed E-state index contributed by atoms with van der Waals surface area (Å²) in [6.07, 6.45) is 1.57. The van der Waals surface area contributed by atoms with Crippen molar-refractivity contribution in [1.29, 1.82) is 0 Å². The monoisotopic (exact) mass is 283 g/mol. The number of nitrogens with zero attached hydrogens (tertiary/aromatic N) is 3. The smallest absolute Gasteiger partial charge is 0.0711 e. The van der Waals surface area contributed by atoms with Crippen LogP contribution in [0.4, 0.5) is 0 Å². The van der Waals surface area contributed by atoms with Gasteiger partial charge in [0.15, 0.2) is 0 Å². The third-order valence-electron chi connectivity index (χ3n) is 3.07. The predicted octanol–water partition coefficient (Wildman–Crippen LogP) is 1.55. The van der Waals surface area contributed by atoms with Crippen LogP contribution in [0, 0.1) is 0 Å². The summed E-state index contributed by atoms with van der Waals surface area (Å²) in [7, 11) is 4.34. The molecule has 0 bridgehead atoms. The predicted molar refractivity (Wildman–Crippen MR) is 59.8 cm³/mol. The molecule has 1 aliphatic rings. The fraction of sp³-hybridized carbons (Fsp3) is 1.00. The Bertz CT molecular complexity index is 106. The minimum atomic E-state index is 0.520. The molecule has 0 amide bonds. The van der Waals surface area contributed by atoms with Crippen LogP contribution in [0.3, 0.4) is 0 Å². The van der Waals surface area contributed by atoms with Crippen LogP contribution in [0.5, 0.6) is 0 Å². The first-order valence-electron chi connectivity index (χ1n) is 4.34. The lowest BCUT2D eigenvalue weighted by Gasteiger charge is -2.50. The van der Waals surface area contributed by atoms with Gasteiger partial charge in [-0.3, -0.25) is 9.80 Å². The van der Waals surface area contributed by atoms with Gasteiger partial charge in [-0.1, -0.05) is 0 Å². The molecule has 4 heteroatoms. The van der Waals surface area contributed by atoms with Crippen LogP contribution in [0.2, 0.25) is 0 Å². The molecule has 0 aromatic rings. The molecule has 0 radical (unpaired) electrons. The summed E-state index contributed by atoms with van der Waals surface area (Å²) in [5.74, 6) is 0. The van der Waals surface area contributed by atoms with E-state index < -0.39 is 0 Å². The number of hydrogen-bond acceptors (Lipinski definition) is 3. The highest BCUT2D eigenvalue weighted by molar-refractivity contribution is 14.1. The van der Waals surface area contributed by atoms with E-state index in [1.165, 1.54) is 0 Å². The molecule has 0 aromatic carbocycles. The van der Waals surface area contributed by atoms with Gasteiger partial charge in [-0.05, 0) is 34.9 Å². The SMILES string of the molecule is CC1N(C)C(C)N(I)C(C)N1C. The fourth-order valence-corrected chi connectivity index (χ4v) is 2.36. The molecule has 3 nitrogen and oxygen atoms in total. The van der Waals surface area contributed by atoms with Crippen molar-refractivity contribution in [3.05, 3.63) is 0 Å². The maximum absolute atomic E-state index is 2.40. The van der Waals surface area contributed by atoms with Gasteiger partial charge < -0.3 is 0 Å². The highest BCUT2D eigenvalue weighted by atomic mass is 127. The molecule has 2 unspecified atom stereocenters. The minimum absolute atomic E-state index is 0.520. The van der Waals surface area contributed by atoms with Crippen molar-refractivity contribution in [2.45, 2.75) is 39.3 Å². The van der Waals surface area contributed by atoms with Crippen molar-refractivity contribution in [1.82, 2.24) is 12.9 Å². The summed E-state index contributed by atoms with van der Waals surface area (Å²) in [5, 5.41) is 0. The molecular formula is C8H18IN3. The second-order valence-electron chi connectivity index (χ2n) is 3.57. The molecule has 1 fully saturated rings. The lowest BCUT2D eigenvalue weighted by Crippen LogP contribution is -2.63. The number of halogens is 1. The van der Waals surface area contributed by atoms with Crippen molar-refractivity contribution < 1.29 is 0 Å². The minimum Gasteiger partial charge on any atom is -0.275 e. The van der Waals surface area contributed by atoms with Crippen LogP contribution in [0.1, 0.15) is 20.8 Å². The van der Waals surface area contributed by atoms with Crippen LogP contribution in [-0.2, 0) is 0 Å². The fourth-order valence-electron chi connectivity index (χ4n) is 1.57. The average molecular weight is 283 g/mol. The normalized spacial score (nSPS) is 42.0. The standard InChI is InChI=1S/C8H18IN3/c1-6-10(4)7(2)12(9)8(3)11(6)5/h6-8H,1-5H3. The molecule has 0 spiro atoms. The van der Waals surface area contributed by atoms with Crippen molar-refractivity contribution in [3.8, 4) is 0 Å². The second-order valence-corrected chi connectivity index (χ2v) is 4.68. The van der Waals surface area contributed by atoms with Crippen LogP contribution < -0.4 is 0 Å². The third-order valence-corrected chi connectivity index (χ3v) is 4.68. The summed E-state index contributed by atoms with van der Waals surface area (Å²) >= 11 is 2.40. The maximum atomic E-state index is 2.40. The van der Waals surface area contributed by atoms with Crippen LogP contribution >= 0.6 is 22.9 Å². The first-order chi connectivity index (χ1) is 5.46. The van der Waals surface area contributed by atoms with Gasteiger partial charge in [0.1, 0.15) is 0 Å². The van der Waals surface area contributed by atoms with Gasteiger partial charge in [-0.2, -0.15) is 0 Å². The Morgan fingerprint density at radius 2 is 1.17 bits per heavy atom. The summed E-state index contributed by atoms with van der Waals surface area (Å²) in [5.41, 5.74) is 0. The molecule has 0 aliphatic carbocycles. The van der Waals surface area contributed by atoms with Crippen molar-refractivity contribution in [3.63, 3.8) is 0 Å². The molecule has 1 heterocycles. The van der Waals surface area contributed by atoms with E-state index in [1.807, 2.05) is 0 Å². The topological polar surface area (TPSA) is 9.72 Å².